The van der Waals surface area contributed by atoms with Crippen molar-refractivity contribution in [1.82, 2.24) is 9.80 Å². The number of alkyl halides is 3. The highest BCUT2D eigenvalue weighted by molar-refractivity contribution is 5.94. The number of hydrogen-bond donors (Lipinski definition) is 0. The van der Waals surface area contributed by atoms with Gasteiger partial charge in [-0.1, -0.05) is 12.1 Å². The van der Waals surface area contributed by atoms with Crippen molar-refractivity contribution >= 4 is 5.91 Å². The van der Waals surface area contributed by atoms with Gasteiger partial charge in [0.15, 0.2) is 0 Å². The summed E-state index contributed by atoms with van der Waals surface area (Å²) in [7, 11) is 0. The van der Waals surface area contributed by atoms with Gasteiger partial charge in [0.25, 0.3) is 5.91 Å². The summed E-state index contributed by atoms with van der Waals surface area (Å²) in [6, 6.07) is 8.76. The molecule has 0 N–H and O–H groups in total. The molecule has 1 aromatic rings. The molecular weight excluding hydrogens is 295 g/mol. The predicted octanol–water partition coefficient (Wildman–Crippen LogP) is 2.07. The minimum absolute atomic E-state index is 0.185. The van der Waals surface area contributed by atoms with Gasteiger partial charge in [0, 0.05) is 31.7 Å². The van der Waals surface area contributed by atoms with E-state index < -0.39 is 12.7 Å². The second kappa shape index (κ2) is 6.79. The van der Waals surface area contributed by atoms with Crippen LogP contribution in [0.5, 0.6) is 0 Å². The molecule has 118 valence electrons. The Morgan fingerprint density at radius 1 is 1.14 bits per heavy atom. The molecule has 22 heavy (non-hydrogen) atoms. The first-order valence-corrected chi connectivity index (χ1v) is 6.93. The Hall–Kier alpha value is -2.07. The van der Waals surface area contributed by atoms with Crippen LogP contribution in [0.15, 0.2) is 24.3 Å². The smallest absolute Gasteiger partial charge is 0.336 e. The normalized spacial score (nSPS) is 16.4. The molecule has 1 aromatic carbocycles. The Morgan fingerprint density at radius 2 is 1.73 bits per heavy atom. The molecular formula is C15H16F3N3O. The quantitative estimate of drug-likeness (QED) is 0.858. The van der Waals surface area contributed by atoms with Crippen LogP contribution in [-0.2, 0) is 6.42 Å². The molecule has 2 rings (SSSR count). The molecule has 1 saturated heterocycles. The zero-order chi connectivity index (χ0) is 16.2. The highest BCUT2D eigenvalue weighted by Gasteiger charge is 2.32. The van der Waals surface area contributed by atoms with E-state index in [1.54, 1.807) is 29.2 Å². The van der Waals surface area contributed by atoms with E-state index in [9.17, 15) is 18.0 Å². The summed E-state index contributed by atoms with van der Waals surface area (Å²) in [4.78, 5) is 15.1. The number of benzene rings is 1. The fourth-order valence-electron chi connectivity index (χ4n) is 2.40. The second-order valence-corrected chi connectivity index (χ2v) is 5.22. The summed E-state index contributed by atoms with van der Waals surface area (Å²) in [6.07, 6.45) is -3.92. The van der Waals surface area contributed by atoms with E-state index in [2.05, 4.69) is 0 Å². The summed E-state index contributed by atoms with van der Waals surface area (Å²) in [5.41, 5.74) is 1.32. The maximum atomic E-state index is 12.3. The van der Waals surface area contributed by atoms with E-state index in [-0.39, 0.29) is 38.5 Å². The van der Waals surface area contributed by atoms with E-state index in [1.807, 2.05) is 6.07 Å². The Bertz CT molecular complexity index is 555. The molecule has 0 radical (unpaired) electrons. The summed E-state index contributed by atoms with van der Waals surface area (Å²) >= 11 is 0. The summed E-state index contributed by atoms with van der Waals surface area (Å²) in [6.45, 7) is 0.0805. The molecule has 1 heterocycles. The van der Waals surface area contributed by atoms with Gasteiger partial charge >= 0.3 is 6.18 Å². The Labute approximate surface area is 126 Å². The summed E-state index contributed by atoms with van der Waals surface area (Å²) < 4.78 is 36.9. The molecule has 1 amide bonds. The van der Waals surface area contributed by atoms with Crippen LogP contribution in [0.4, 0.5) is 13.2 Å². The minimum Gasteiger partial charge on any atom is -0.336 e. The van der Waals surface area contributed by atoms with Gasteiger partial charge in [-0.3, -0.25) is 9.69 Å². The third-order valence-electron chi connectivity index (χ3n) is 3.55. The Kier molecular flexibility index (Phi) is 5.03. The molecule has 1 aliphatic rings. The van der Waals surface area contributed by atoms with Crippen molar-refractivity contribution in [2.75, 3.05) is 32.7 Å². The maximum absolute atomic E-state index is 12.3. The van der Waals surface area contributed by atoms with Gasteiger partial charge in [-0.15, -0.1) is 0 Å². The Balaban J connectivity index is 1.91. The lowest BCUT2D eigenvalue weighted by Crippen LogP contribution is -2.50. The number of nitrogens with zero attached hydrogens (tertiary/aromatic N) is 3. The van der Waals surface area contributed by atoms with Gasteiger partial charge in [-0.05, 0) is 17.7 Å². The standard InChI is InChI=1S/C15H16F3N3O/c16-15(17,18)11-20-7-9-21(10-8-20)14(22)13-3-1-12(2-4-13)5-6-19/h1-4H,5,7-11H2. The fourth-order valence-corrected chi connectivity index (χ4v) is 2.40. The molecule has 4 nitrogen and oxygen atoms in total. The van der Waals surface area contributed by atoms with E-state index >= 15 is 0 Å². The van der Waals surface area contributed by atoms with E-state index in [0.29, 0.717) is 5.56 Å². The Morgan fingerprint density at radius 3 is 2.23 bits per heavy atom. The highest BCUT2D eigenvalue weighted by Crippen LogP contribution is 2.18. The van der Waals surface area contributed by atoms with Crippen molar-refractivity contribution in [3.63, 3.8) is 0 Å². The molecule has 0 aliphatic carbocycles. The SMILES string of the molecule is N#CCc1ccc(C(=O)N2CCN(CC(F)(F)F)CC2)cc1. The van der Waals surface area contributed by atoms with Crippen molar-refractivity contribution in [3.05, 3.63) is 35.4 Å². The largest absolute Gasteiger partial charge is 0.401 e. The average Bonchev–Trinajstić information content (AvgIpc) is 2.47. The van der Waals surface area contributed by atoms with Crippen molar-refractivity contribution < 1.29 is 18.0 Å². The predicted molar refractivity (Wildman–Crippen MR) is 74.2 cm³/mol. The zero-order valence-electron chi connectivity index (χ0n) is 11.9. The van der Waals surface area contributed by atoms with Gasteiger partial charge in [-0.2, -0.15) is 18.4 Å². The van der Waals surface area contributed by atoms with Crippen LogP contribution < -0.4 is 0 Å². The number of piperazine rings is 1. The van der Waals surface area contributed by atoms with E-state index in [4.69, 9.17) is 5.26 Å². The van der Waals surface area contributed by atoms with Crippen LogP contribution in [0.3, 0.4) is 0 Å². The molecule has 0 unspecified atom stereocenters. The van der Waals surface area contributed by atoms with Crippen LogP contribution in [-0.4, -0.2) is 54.6 Å². The van der Waals surface area contributed by atoms with Crippen molar-refractivity contribution in [1.29, 1.82) is 5.26 Å². The van der Waals surface area contributed by atoms with Crippen molar-refractivity contribution in [2.24, 2.45) is 0 Å². The molecule has 7 heteroatoms. The molecule has 0 spiro atoms. The number of amides is 1. The van der Waals surface area contributed by atoms with Crippen LogP contribution in [0.1, 0.15) is 15.9 Å². The molecule has 0 atom stereocenters. The first-order valence-electron chi connectivity index (χ1n) is 6.93. The van der Waals surface area contributed by atoms with E-state index in [1.165, 1.54) is 4.90 Å². The van der Waals surface area contributed by atoms with Gasteiger partial charge in [0.2, 0.25) is 0 Å². The number of carbonyl (C=O) groups is 1. The number of nitriles is 1. The fraction of sp³-hybridized carbons (Fsp3) is 0.467. The number of carbonyl (C=O) groups excluding carboxylic acids is 1. The highest BCUT2D eigenvalue weighted by atomic mass is 19.4. The molecule has 0 aromatic heterocycles. The van der Waals surface area contributed by atoms with Gasteiger partial charge in [-0.25, -0.2) is 0 Å². The van der Waals surface area contributed by atoms with E-state index in [0.717, 1.165) is 5.56 Å². The lowest BCUT2D eigenvalue weighted by molar-refractivity contribution is -0.148. The summed E-state index contributed by atoms with van der Waals surface area (Å²) in [5, 5.41) is 8.60. The lowest BCUT2D eigenvalue weighted by Gasteiger charge is -2.35. The third kappa shape index (κ3) is 4.46. The first-order chi connectivity index (χ1) is 10.4. The maximum Gasteiger partial charge on any atom is 0.401 e. The summed E-state index contributed by atoms with van der Waals surface area (Å²) in [5.74, 6) is -0.185. The van der Waals surface area contributed by atoms with Gasteiger partial charge < -0.3 is 4.90 Å². The van der Waals surface area contributed by atoms with Crippen molar-refractivity contribution in [3.8, 4) is 6.07 Å². The molecule has 1 fully saturated rings. The van der Waals surface area contributed by atoms with Gasteiger partial charge in [0.1, 0.15) is 0 Å². The minimum atomic E-state index is -4.21. The van der Waals surface area contributed by atoms with Gasteiger partial charge in [0.05, 0.1) is 19.0 Å². The van der Waals surface area contributed by atoms with Crippen LogP contribution >= 0.6 is 0 Å². The monoisotopic (exact) mass is 311 g/mol. The van der Waals surface area contributed by atoms with Crippen LogP contribution in [0, 0.1) is 11.3 Å². The first kappa shape index (κ1) is 16.3. The number of rotatable bonds is 3. The van der Waals surface area contributed by atoms with Crippen LogP contribution in [0.2, 0.25) is 0 Å². The topological polar surface area (TPSA) is 47.3 Å². The number of hydrogen-bond acceptors (Lipinski definition) is 3. The van der Waals surface area contributed by atoms with Crippen LogP contribution in [0.25, 0.3) is 0 Å². The molecule has 0 bridgehead atoms. The zero-order valence-corrected chi connectivity index (χ0v) is 11.9. The average molecular weight is 311 g/mol. The third-order valence-corrected chi connectivity index (χ3v) is 3.55. The molecule has 1 aliphatic heterocycles. The number of halogens is 3. The van der Waals surface area contributed by atoms with Crippen molar-refractivity contribution in [2.45, 2.75) is 12.6 Å². The molecule has 0 saturated carbocycles. The lowest BCUT2D eigenvalue weighted by atomic mass is 10.1. The second-order valence-electron chi connectivity index (χ2n) is 5.22.